The third kappa shape index (κ3) is 3.23. The molecule has 2 rings (SSSR count). The molecule has 0 amide bonds. The number of nitrogens with two attached hydrogens (primary N) is 1. The van der Waals surface area contributed by atoms with E-state index >= 15 is 0 Å². The van der Waals surface area contributed by atoms with Crippen molar-refractivity contribution in [3.8, 4) is 11.5 Å². The van der Waals surface area contributed by atoms with Crippen LogP contribution in [0.3, 0.4) is 0 Å². The van der Waals surface area contributed by atoms with Gasteiger partial charge in [-0.15, -0.1) is 0 Å². The van der Waals surface area contributed by atoms with Gasteiger partial charge in [0.05, 0.1) is 7.11 Å². The van der Waals surface area contributed by atoms with Crippen molar-refractivity contribution in [1.82, 2.24) is 0 Å². The Hall–Kier alpha value is -2.07. The van der Waals surface area contributed by atoms with Crippen molar-refractivity contribution < 1.29 is 13.9 Å². The minimum Gasteiger partial charge on any atom is -0.496 e. The monoisotopic (exact) mass is 261 g/mol. The maximum atomic E-state index is 13.4. The molecule has 2 aromatic rings. The number of benzene rings is 2. The molecule has 0 aliphatic rings. The van der Waals surface area contributed by atoms with E-state index in [1.807, 2.05) is 18.2 Å². The van der Waals surface area contributed by atoms with Crippen LogP contribution in [0.4, 0.5) is 4.39 Å². The molecule has 100 valence electrons. The largest absolute Gasteiger partial charge is 0.496 e. The molecule has 0 aliphatic heterocycles. The second kappa shape index (κ2) is 6.20. The topological polar surface area (TPSA) is 44.5 Å². The highest BCUT2D eigenvalue weighted by Crippen LogP contribution is 2.23. The van der Waals surface area contributed by atoms with Crippen LogP contribution in [0.5, 0.6) is 11.5 Å². The molecule has 0 heterocycles. The van der Waals surface area contributed by atoms with Crippen LogP contribution in [0, 0.1) is 5.82 Å². The van der Waals surface area contributed by atoms with Gasteiger partial charge in [-0.25, -0.2) is 4.39 Å². The third-order valence-electron chi connectivity index (χ3n) is 2.80. The Labute approximate surface area is 111 Å². The van der Waals surface area contributed by atoms with E-state index in [-0.39, 0.29) is 18.2 Å². The lowest BCUT2D eigenvalue weighted by atomic mass is 10.1. The zero-order chi connectivity index (χ0) is 13.7. The standard InChI is InChI=1S/C15H16FNO2/c1-18-14-7-6-11(9-17)8-12(14)10-19-15-5-3-2-4-13(15)16/h2-8H,9-10,17H2,1H3. The van der Waals surface area contributed by atoms with Crippen molar-refractivity contribution in [1.29, 1.82) is 0 Å². The molecular formula is C15H16FNO2. The molecule has 19 heavy (non-hydrogen) atoms. The predicted molar refractivity (Wildman–Crippen MR) is 71.6 cm³/mol. The first-order valence-corrected chi connectivity index (χ1v) is 5.97. The SMILES string of the molecule is COc1ccc(CN)cc1COc1ccccc1F. The molecule has 0 saturated carbocycles. The molecule has 0 atom stereocenters. The van der Waals surface area contributed by atoms with Gasteiger partial charge in [-0.1, -0.05) is 18.2 Å². The van der Waals surface area contributed by atoms with Gasteiger partial charge < -0.3 is 15.2 Å². The van der Waals surface area contributed by atoms with Crippen LogP contribution in [0.2, 0.25) is 0 Å². The highest BCUT2D eigenvalue weighted by Gasteiger charge is 2.07. The smallest absolute Gasteiger partial charge is 0.165 e. The Kier molecular flexibility index (Phi) is 4.36. The summed E-state index contributed by atoms with van der Waals surface area (Å²) in [6, 6.07) is 11.9. The molecule has 0 radical (unpaired) electrons. The number of halogens is 1. The Morgan fingerprint density at radius 2 is 1.89 bits per heavy atom. The fourth-order valence-electron chi connectivity index (χ4n) is 1.79. The Balaban J connectivity index is 2.16. The lowest BCUT2D eigenvalue weighted by molar-refractivity contribution is 0.282. The van der Waals surface area contributed by atoms with Crippen molar-refractivity contribution in [2.75, 3.05) is 7.11 Å². The molecule has 4 heteroatoms. The molecule has 0 unspecified atom stereocenters. The molecule has 2 aromatic carbocycles. The van der Waals surface area contributed by atoms with Crippen LogP contribution in [-0.2, 0) is 13.2 Å². The van der Waals surface area contributed by atoms with E-state index in [1.54, 1.807) is 25.3 Å². The zero-order valence-corrected chi connectivity index (χ0v) is 10.7. The average molecular weight is 261 g/mol. The molecule has 2 N–H and O–H groups in total. The number of methoxy groups -OCH3 is 1. The lowest BCUT2D eigenvalue weighted by Gasteiger charge is -2.12. The fraction of sp³-hybridized carbons (Fsp3) is 0.200. The molecule has 0 fully saturated rings. The first kappa shape index (κ1) is 13.4. The summed E-state index contributed by atoms with van der Waals surface area (Å²) in [5, 5.41) is 0. The van der Waals surface area contributed by atoms with E-state index in [2.05, 4.69) is 0 Å². The summed E-state index contributed by atoms with van der Waals surface area (Å²) < 4.78 is 24.2. The Bertz CT molecular complexity index is 558. The van der Waals surface area contributed by atoms with Gasteiger partial charge in [-0.3, -0.25) is 0 Å². The van der Waals surface area contributed by atoms with Gasteiger partial charge in [-0.05, 0) is 29.8 Å². The number of rotatable bonds is 5. The zero-order valence-electron chi connectivity index (χ0n) is 10.7. The van der Waals surface area contributed by atoms with Gasteiger partial charge in [0.1, 0.15) is 12.4 Å². The molecule has 0 spiro atoms. The van der Waals surface area contributed by atoms with Crippen LogP contribution in [0.25, 0.3) is 0 Å². The lowest BCUT2D eigenvalue weighted by Crippen LogP contribution is -2.03. The number of para-hydroxylation sites is 1. The van der Waals surface area contributed by atoms with E-state index < -0.39 is 0 Å². The average Bonchev–Trinajstić information content (AvgIpc) is 2.46. The van der Waals surface area contributed by atoms with Crippen molar-refractivity contribution in [3.63, 3.8) is 0 Å². The molecule has 0 bridgehead atoms. The summed E-state index contributed by atoms with van der Waals surface area (Å²) in [7, 11) is 1.59. The second-order valence-electron chi connectivity index (χ2n) is 4.07. The number of hydrogen-bond acceptors (Lipinski definition) is 3. The maximum Gasteiger partial charge on any atom is 0.165 e. The van der Waals surface area contributed by atoms with Crippen molar-refractivity contribution in [2.45, 2.75) is 13.2 Å². The Morgan fingerprint density at radius 3 is 2.58 bits per heavy atom. The van der Waals surface area contributed by atoms with Gasteiger partial charge in [0.25, 0.3) is 0 Å². The van der Waals surface area contributed by atoms with Crippen molar-refractivity contribution >= 4 is 0 Å². The minimum absolute atomic E-state index is 0.225. The van der Waals surface area contributed by atoms with E-state index in [9.17, 15) is 4.39 Å². The molecule has 0 aromatic heterocycles. The van der Waals surface area contributed by atoms with E-state index in [0.29, 0.717) is 12.3 Å². The van der Waals surface area contributed by atoms with Crippen LogP contribution in [-0.4, -0.2) is 7.11 Å². The summed E-state index contributed by atoms with van der Waals surface area (Å²) in [5.74, 6) is 0.549. The van der Waals surface area contributed by atoms with E-state index in [1.165, 1.54) is 6.07 Å². The highest BCUT2D eigenvalue weighted by molar-refractivity contribution is 5.37. The summed E-state index contributed by atoms with van der Waals surface area (Å²) in [6.45, 7) is 0.675. The summed E-state index contributed by atoms with van der Waals surface area (Å²) in [6.07, 6.45) is 0. The van der Waals surface area contributed by atoms with Gasteiger partial charge in [-0.2, -0.15) is 0 Å². The number of hydrogen-bond donors (Lipinski definition) is 1. The van der Waals surface area contributed by atoms with Crippen molar-refractivity contribution in [2.24, 2.45) is 5.73 Å². The van der Waals surface area contributed by atoms with Crippen LogP contribution < -0.4 is 15.2 Å². The summed E-state index contributed by atoms with van der Waals surface area (Å²) in [5.41, 5.74) is 7.42. The number of ether oxygens (including phenoxy) is 2. The van der Waals surface area contributed by atoms with Gasteiger partial charge in [0.2, 0.25) is 0 Å². The first-order chi connectivity index (χ1) is 9.24. The van der Waals surface area contributed by atoms with Crippen LogP contribution in [0.15, 0.2) is 42.5 Å². The normalized spacial score (nSPS) is 10.3. The van der Waals surface area contributed by atoms with Gasteiger partial charge in [0.15, 0.2) is 11.6 Å². The highest BCUT2D eigenvalue weighted by atomic mass is 19.1. The van der Waals surface area contributed by atoms with E-state index in [0.717, 1.165) is 11.1 Å². The third-order valence-corrected chi connectivity index (χ3v) is 2.80. The van der Waals surface area contributed by atoms with Crippen molar-refractivity contribution in [3.05, 3.63) is 59.4 Å². The maximum absolute atomic E-state index is 13.4. The first-order valence-electron chi connectivity index (χ1n) is 5.97. The molecule has 0 aliphatic carbocycles. The fourth-order valence-corrected chi connectivity index (χ4v) is 1.79. The minimum atomic E-state index is -0.378. The second-order valence-corrected chi connectivity index (χ2v) is 4.07. The van der Waals surface area contributed by atoms with Crippen LogP contribution >= 0.6 is 0 Å². The summed E-state index contributed by atoms with van der Waals surface area (Å²) in [4.78, 5) is 0. The quantitative estimate of drug-likeness (QED) is 0.900. The summed E-state index contributed by atoms with van der Waals surface area (Å²) >= 11 is 0. The molecular weight excluding hydrogens is 245 g/mol. The Morgan fingerprint density at radius 1 is 1.11 bits per heavy atom. The molecule has 3 nitrogen and oxygen atoms in total. The predicted octanol–water partition coefficient (Wildman–Crippen LogP) is 2.87. The van der Waals surface area contributed by atoms with Crippen LogP contribution in [0.1, 0.15) is 11.1 Å². The molecule has 0 saturated heterocycles. The van der Waals surface area contributed by atoms with Gasteiger partial charge >= 0.3 is 0 Å². The van der Waals surface area contributed by atoms with E-state index in [4.69, 9.17) is 15.2 Å². The van der Waals surface area contributed by atoms with Gasteiger partial charge in [0, 0.05) is 12.1 Å².